The minimum absolute atomic E-state index is 0.662. The minimum atomic E-state index is 0.662. The van der Waals surface area contributed by atoms with Gasteiger partial charge in [-0.25, -0.2) is 4.98 Å². The fraction of sp³-hybridized carbons (Fsp3) is 0.417. The Labute approximate surface area is 98.7 Å². The van der Waals surface area contributed by atoms with Crippen LogP contribution in [0.5, 0.6) is 0 Å². The molecule has 1 aliphatic heterocycles. The highest BCUT2D eigenvalue weighted by molar-refractivity contribution is 7.22. The summed E-state index contributed by atoms with van der Waals surface area (Å²) in [6.07, 6.45) is 2.46. The first-order valence-electron chi connectivity index (χ1n) is 5.67. The number of benzene rings is 1. The van der Waals surface area contributed by atoms with Crippen molar-refractivity contribution in [1.82, 2.24) is 10.3 Å². The van der Waals surface area contributed by atoms with Gasteiger partial charge in [-0.05, 0) is 49.5 Å². The largest absolute Gasteiger partial charge is 0.375 e. The predicted molar refractivity (Wildman–Crippen MR) is 68.7 cm³/mol. The van der Waals surface area contributed by atoms with E-state index >= 15 is 0 Å². The maximum Gasteiger partial charge on any atom is 0.181 e. The number of nitrogens with one attached hydrogen (secondary N) is 1. The Balaban J connectivity index is 1.86. The number of aromatic nitrogens is 1. The number of nitrogen functional groups attached to an aromatic ring is 1. The van der Waals surface area contributed by atoms with E-state index in [2.05, 4.69) is 28.5 Å². The van der Waals surface area contributed by atoms with Gasteiger partial charge in [0, 0.05) is 0 Å². The zero-order valence-electron chi connectivity index (χ0n) is 9.07. The van der Waals surface area contributed by atoms with Crippen molar-refractivity contribution in [3.05, 3.63) is 23.8 Å². The van der Waals surface area contributed by atoms with Crippen molar-refractivity contribution in [3.8, 4) is 0 Å². The topological polar surface area (TPSA) is 50.9 Å². The third-order valence-corrected chi connectivity index (χ3v) is 4.00. The third-order valence-electron chi connectivity index (χ3n) is 3.16. The van der Waals surface area contributed by atoms with Gasteiger partial charge in [-0.3, -0.25) is 0 Å². The van der Waals surface area contributed by atoms with Gasteiger partial charge in [-0.15, -0.1) is 0 Å². The van der Waals surface area contributed by atoms with Crippen molar-refractivity contribution in [2.75, 3.05) is 18.8 Å². The fourth-order valence-electron chi connectivity index (χ4n) is 2.34. The SMILES string of the molecule is Nc1nc2ccc(CC3CCNC3)cc2s1. The van der Waals surface area contributed by atoms with Gasteiger partial charge in [0.05, 0.1) is 10.2 Å². The fourth-order valence-corrected chi connectivity index (χ4v) is 3.13. The normalized spacial score (nSPS) is 20.6. The molecule has 0 spiro atoms. The van der Waals surface area contributed by atoms with Gasteiger partial charge in [-0.1, -0.05) is 17.4 Å². The molecule has 1 unspecified atom stereocenters. The lowest BCUT2D eigenvalue weighted by Gasteiger charge is -2.07. The molecule has 0 amide bonds. The van der Waals surface area contributed by atoms with Crippen LogP contribution in [0.25, 0.3) is 10.2 Å². The van der Waals surface area contributed by atoms with Gasteiger partial charge in [0.2, 0.25) is 0 Å². The summed E-state index contributed by atoms with van der Waals surface area (Å²) in [5.41, 5.74) is 8.13. The summed E-state index contributed by atoms with van der Waals surface area (Å²) in [4.78, 5) is 4.27. The van der Waals surface area contributed by atoms with Gasteiger partial charge >= 0.3 is 0 Å². The number of nitrogens with zero attached hydrogens (tertiary/aromatic N) is 1. The Morgan fingerprint density at radius 3 is 3.25 bits per heavy atom. The Morgan fingerprint density at radius 1 is 1.50 bits per heavy atom. The summed E-state index contributed by atoms with van der Waals surface area (Å²) in [5.74, 6) is 0.794. The second-order valence-corrected chi connectivity index (χ2v) is 5.48. The van der Waals surface area contributed by atoms with E-state index in [4.69, 9.17) is 5.73 Å². The van der Waals surface area contributed by atoms with Crippen LogP contribution in [0.1, 0.15) is 12.0 Å². The smallest absolute Gasteiger partial charge is 0.181 e. The molecule has 3 rings (SSSR count). The van der Waals surface area contributed by atoms with Gasteiger partial charge < -0.3 is 11.1 Å². The first kappa shape index (κ1) is 10.1. The number of fused-ring (bicyclic) bond motifs is 1. The Morgan fingerprint density at radius 2 is 2.44 bits per heavy atom. The Bertz CT molecular complexity index is 500. The van der Waals surface area contributed by atoms with Crippen LogP contribution in [-0.2, 0) is 6.42 Å². The second-order valence-electron chi connectivity index (χ2n) is 4.42. The van der Waals surface area contributed by atoms with E-state index in [-0.39, 0.29) is 0 Å². The summed E-state index contributed by atoms with van der Waals surface area (Å²) < 4.78 is 1.21. The molecule has 0 saturated carbocycles. The summed E-state index contributed by atoms with van der Waals surface area (Å²) in [7, 11) is 0. The summed E-state index contributed by atoms with van der Waals surface area (Å²) in [6.45, 7) is 2.32. The molecule has 84 valence electrons. The van der Waals surface area contributed by atoms with Crippen LogP contribution < -0.4 is 11.1 Å². The van der Waals surface area contributed by atoms with Crippen molar-refractivity contribution < 1.29 is 0 Å². The Kier molecular flexibility index (Phi) is 2.53. The van der Waals surface area contributed by atoms with Crippen molar-refractivity contribution in [1.29, 1.82) is 0 Å². The number of nitrogens with two attached hydrogens (primary N) is 1. The number of rotatable bonds is 2. The lowest BCUT2D eigenvalue weighted by Crippen LogP contribution is -2.10. The van der Waals surface area contributed by atoms with Crippen molar-refractivity contribution in [2.45, 2.75) is 12.8 Å². The molecule has 16 heavy (non-hydrogen) atoms. The van der Waals surface area contributed by atoms with Crippen LogP contribution in [0.15, 0.2) is 18.2 Å². The molecule has 1 atom stereocenters. The zero-order valence-corrected chi connectivity index (χ0v) is 9.89. The molecule has 1 fully saturated rings. The number of anilines is 1. The van der Waals surface area contributed by atoms with Crippen LogP contribution in [0, 0.1) is 5.92 Å². The molecule has 0 aliphatic carbocycles. The third kappa shape index (κ3) is 1.90. The molecule has 2 aromatic rings. The van der Waals surface area contributed by atoms with Crippen molar-refractivity contribution in [3.63, 3.8) is 0 Å². The van der Waals surface area contributed by atoms with E-state index in [0.29, 0.717) is 5.13 Å². The number of thiazole rings is 1. The van der Waals surface area contributed by atoms with Gasteiger partial charge in [-0.2, -0.15) is 0 Å². The van der Waals surface area contributed by atoms with Gasteiger partial charge in [0.1, 0.15) is 0 Å². The monoisotopic (exact) mass is 233 g/mol. The molecule has 1 aliphatic rings. The quantitative estimate of drug-likeness (QED) is 0.834. The minimum Gasteiger partial charge on any atom is -0.375 e. The standard InChI is InChI=1S/C12H15N3S/c13-12-15-10-2-1-8(6-11(10)16-12)5-9-3-4-14-7-9/h1-2,6,9,14H,3-5,7H2,(H2,13,15). The number of hydrogen-bond donors (Lipinski definition) is 2. The molecule has 1 aromatic heterocycles. The first-order chi connectivity index (χ1) is 7.81. The maximum atomic E-state index is 5.70. The van der Waals surface area contributed by atoms with Crippen LogP contribution >= 0.6 is 11.3 Å². The summed E-state index contributed by atoms with van der Waals surface area (Å²) in [6, 6.07) is 6.50. The second kappa shape index (κ2) is 4.03. The lowest BCUT2D eigenvalue weighted by molar-refractivity contribution is 0.580. The van der Waals surface area contributed by atoms with Crippen LogP contribution in [0.4, 0.5) is 5.13 Å². The molecule has 3 nitrogen and oxygen atoms in total. The molecule has 0 bridgehead atoms. The lowest BCUT2D eigenvalue weighted by atomic mass is 9.99. The van der Waals surface area contributed by atoms with Crippen LogP contribution in [-0.4, -0.2) is 18.1 Å². The molecule has 0 radical (unpaired) electrons. The number of hydrogen-bond acceptors (Lipinski definition) is 4. The highest BCUT2D eigenvalue weighted by atomic mass is 32.1. The average Bonchev–Trinajstić information content (AvgIpc) is 2.85. The Hall–Kier alpha value is -1.13. The maximum absolute atomic E-state index is 5.70. The summed E-state index contributed by atoms with van der Waals surface area (Å²) in [5, 5.41) is 4.07. The van der Waals surface area contributed by atoms with E-state index in [1.165, 1.54) is 29.6 Å². The molecule has 2 heterocycles. The molecular weight excluding hydrogens is 218 g/mol. The molecule has 4 heteroatoms. The molecule has 1 saturated heterocycles. The zero-order chi connectivity index (χ0) is 11.0. The van der Waals surface area contributed by atoms with E-state index in [1.807, 2.05) is 0 Å². The first-order valence-corrected chi connectivity index (χ1v) is 6.48. The average molecular weight is 233 g/mol. The highest BCUT2D eigenvalue weighted by Gasteiger charge is 2.15. The van der Waals surface area contributed by atoms with Gasteiger partial charge in [0.15, 0.2) is 5.13 Å². The van der Waals surface area contributed by atoms with Crippen LogP contribution in [0.3, 0.4) is 0 Å². The van der Waals surface area contributed by atoms with E-state index in [0.717, 1.165) is 18.0 Å². The summed E-state index contributed by atoms with van der Waals surface area (Å²) >= 11 is 1.58. The molecular formula is C12H15N3S. The van der Waals surface area contributed by atoms with E-state index in [9.17, 15) is 0 Å². The van der Waals surface area contributed by atoms with Crippen LogP contribution in [0.2, 0.25) is 0 Å². The van der Waals surface area contributed by atoms with E-state index in [1.54, 1.807) is 11.3 Å². The van der Waals surface area contributed by atoms with Crippen molar-refractivity contribution in [2.24, 2.45) is 5.92 Å². The molecule has 3 N–H and O–H groups in total. The predicted octanol–water partition coefficient (Wildman–Crippen LogP) is 2.03. The highest BCUT2D eigenvalue weighted by Crippen LogP contribution is 2.26. The van der Waals surface area contributed by atoms with Gasteiger partial charge in [0.25, 0.3) is 0 Å². The van der Waals surface area contributed by atoms with Crippen molar-refractivity contribution >= 4 is 26.7 Å². The molecule has 1 aromatic carbocycles. The van der Waals surface area contributed by atoms with E-state index < -0.39 is 0 Å².